The average Bonchev–Trinajstić information content (AvgIpc) is 2.03. The van der Waals surface area contributed by atoms with Gasteiger partial charge in [-0.2, -0.15) is 4.39 Å². The van der Waals surface area contributed by atoms with Crippen molar-refractivity contribution in [2.75, 3.05) is 0 Å². The number of nitrogens with two attached hydrogens (primary N) is 1. The number of pyridine rings is 1. The molecule has 0 spiro atoms. The van der Waals surface area contributed by atoms with E-state index in [4.69, 9.17) is 5.73 Å². The van der Waals surface area contributed by atoms with Crippen LogP contribution in [-0.4, -0.2) is 10.8 Å². The summed E-state index contributed by atoms with van der Waals surface area (Å²) in [7, 11) is 0. The van der Waals surface area contributed by atoms with Gasteiger partial charge in [0.2, 0.25) is 5.95 Å². The third kappa shape index (κ3) is 1.85. The zero-order chi connectivity index (χ0) is 9.14. The first kappa shape index (κ1) is 8.80. The molecule has 4 heteroatoms. The number of hydrogen-bond donors (Lipinski definition) is 1. The molecule has 12 heavy (non-hydrogen) atoms. The Morgan fingerprint density at radius 2 is 2.33 bits per heavy atom. The van der Waals surface area contributed by atoms with Crippen molar-refractivity contribution < 1.29 is 9.18 Å². The molecule has 0 bridgehead atoms. The number of hydrogen-bond acceptors (Lipinski definition) is 3. The maximum atomic E-state index is 12.7. The zero-order valence-corrected chi connectivity index (χ0v) is 6.67. The van der Waals surface area contributed by atoms with Gasteiger partial charge in [-0.05, 0) is 17.7 Å². The van der Waals surface area contributed by atoms with Gasteiger partial charge in [0.25, 0.3) is 0 Å². The number of ketones is 1. The lowest BCUT2D eigenvalue weighted by Gasteiger charge is -1.99. The van der Waals surface area contributed by atoms with E-state index in [-0.39, 0.29) is 18.0 Å². The summed E-state index contributed by atoms with van der Waals surface area (Å²) in [6.07, 6.45) is 0. The van der Waals surface area contributed by atoms with Gasteiger partial charge in [0, 0.05) is 13.5 Å². The van der Waals surface area contributed by atoms with Crippen molar-refractivity contribution in [2.24, 2.45) is 5.73 Å². The van der Waals surface area contributed by atoms with Gasteiger partial charge in [-0.1, -0.05) is 0 Å². The highest BCUT2D eigenvalue weighted by Crippen LogP contribution is 2.04. The Kier molecular flexibility index (Phi) is 2.50. The van der Waals surface area contributed by atoms with Crippen LogP contribution in [0.2, 0.25) is 0 Å². The molecule has 1 aromatic heterocycles. The Hall–Kier alpha value is -1.29. The molecule has 0 saturated heterocycles. The van der Waals surface area contributed by atoms with Gasteiger partial charge in [0.1, 0.15) is 5.69 Å². The van der Waals surface area contributed by atoms with Crippen molar-refractivity contribution in [3.8, 4) is 0 Å². The minimum absolute atomic E-state index is 0.121. The maximum Gasteiger partial charge on any atom is 0.213 e. The van der Waals surface area contributed by atoms with E-state index in [2.05, 4.69) is 4.98 Å². The summed E-state index contributed by atoms with van der Waals surface area (Å²) in [6, 6.07) is 2.71. The van der Waals surface area contributed by atoms with E-state index in [1.165, 1.54) is 19.1 Å². The Bertz CT molecular complexity index is 312. The van der Waals surface area contributed by atoms with Crippen LogP contribution in [0.3, 0.4) is 0 Å². The van der Waals surface area contributed by atoms with E-state index in [1.54, 1.807) is 0 Å². The number of rotatable bonds is 2. The fraction of sp³-hybridized carbons (Fsp3) is 0.250. The monoisotopic (exact) mass is 168 g/mol. The molecule has 2 N–H and O–H groups in total. The van der Waals surface area contributed by atoms with Gasteiger partial charge in [0.05, 0.1) is 0 Å². The summed E-state index contributed by atoms with van der Waals surface area (Å²) < 4.78 is 12.7. The largest absolute Gasteiger partial charge is 0.326 e. The van der Waals surface area contributed by atoms with E-state index in [0.717, 1.165) is 0 Å². The van der Waals surface area contributed by atoms with Crippen LogP contribution >= 0.6 is 0 Å². The molecule has 64 valence electrons. The number of nitrogens with zero attached hydrogens (tertiary/aromatic N) is 1. The van der Waals surface area contributed by atoms with E-state index >= 15 is 0 Å². The average molecular weight is 168 g/mol. The molecule has 0 aliphatic carbocycles. The standard InChI is InChI=1S/C8H9FN2O/c1-5(12)7-2-6(4-10)3-8(9)11-7/h2-3H,4,10H2,1H3. The molecule has 1 aromatic rings. The van der Waals surface area contributed by atoms with E-state index < -0.39 is 5.95 Å². The first-order chi connectivity index (χ1) is 5.63. The van der Waals surface area contributed by atoms with Crippen LogP contribution in [0.4, 0.5) is 4.39 Å². The molecule has 1 rings (SSSR count). The third-order valence-corrected chi connectivity index (χ3v) is 1.45. The molecule has 0 radical (unpaired) electrons. The second-order valence-corrected chi connectivity index (χ2v) is 2.44. The van der Waals surface area contributed by atoms with Crippen LogP contribution < -0.4 is 5.73 Å². The molecule has 0 aliphatic heterocycles. The first-order valence-electron chi connectivity index (χ1n) is 3.51. The van der Waals surface area contributed by atoms with Crippen molar-refractivity contribution in [3.05, 3.63) is 29.3 Å². The van der Waals surface area contributed by atoms with Gasteiger partial charge in [0.15, 0.2) is 5.78 Å². The molecule has 0 aromatic carbocycles. The highest BCUT2D eigenvalue weighted by Gasteiger charge is 2.04. The van der Waals surface area contributed by atoms with Gasteiger partial charge < -0.3 is 5.73 Å². The molecule has 0 saturated carbocycles. The van der Waals surface area contributed by atoms with Crippen molar-refractivity contribution in [3.63, 3.8) is 0 Å². The number of Topliss-reactive ketones (excluding diaryl/α,β-unsaturated/α-hetero) is 1. The Balaban J connectivity index is 3.15. The number of carbonyl (C=O) groups excluding carboxylic acids is 1. The van der Waals surface area contributed by atoms with E-state index in [9.17, 15) is 9.18 Å². The fourth-order valence-corrected chi connectivity index (χ4v) is 0.848. The van der Waals surface area contributed by atoms with Crippen LogP contribution in [0.1, 0.15) is 23.0 Å². The van der Waals surface area contributed by atoms with Gasteiger partial charge >= 0.3 is 0 Å². The van der Waals surface area contributed by atoms with Crippen molar-refractivity contribution >= 4 is 5.78 Å². The molecular formula is C8H9FN2O. The summed E-state index contributed by atoms with van der Waals surface area (Å²) >= 11 is 0. The smallest absolute Gasteiger partial charge is 0.213 e. The van der Waals surface area contributed by atoms with Crippen LogP contribution in [-0.2, 0) is 6.54 Å². The summed E-state index contributed by atoms with van der Waals surface area (Å²) in [5.41, 5.74) is 5.98. The third-order valence-electron chi connectivity index (χ3n) is 1.45. The topological polar surface area (TPSA) is 56.0 Å². The normalized spacial score (nSPS) is 9.92. The van der Waals surface area contributed by atoms with Crippen LogP contribution in [0, 0.1) is 5.95 Å². The highest BCUT2D eigenvalue weighted by molar-refractivity contribution is 5.92. The Labute approximate surface area is 69.4 Å². The van der Waals surface area contributed by atoms with E-state index in [0.29, 0.717) is 5.56 Å². The number of halogens is 1. The van der Waals surface area contributed by atoms with Crippen molar-refractivity contribution in [1.29, 1.82) is 0 Å². The SMILES string of the molecule is CC(=O)c1cc(CN)cc(F)n1. The van der Waals surface area contributed by atoms with Gasteiger partial charge in [-0.25, -0.2) is 4.98 Å². The summed E-state index contributed by atoms with van der Waals surface area (Å²) in [5, 5.41) is 0. The first-order valence-corrected chi connectivity index (χ1v) is 3.51. The Morgan fingerprint density at radius 3 is 2.83 bits per heavy atom. The molecular weight excluding hydrogens is 159 g/mol. The summed E-state index contributed by atoms with van der Waals surface area (Å²) in [4.78, 5) is 14.2. The van der Waals surface area contributed by atoms with Crippen LogP contribution in [0.5, 0.6) is 0 Å². The highest BCUT2D eigenvalue weighted by atomic mass is 19.1. The molecule has 0 aliphatic rings. The van der Waals surface area contributed by atoms with Crippen LogP contribution in [0.25, 0.3) is 0 Å². The lowest BCUT2D eigenvalue weighted by atomic mass is 10.2. The van der Waals surface area contributed by atoms with E-state index in [1.807, 2.05) is 0 Å². The molecule has 0 unspecified atom stereocenters. The minimum Gasteiger partial charge on any atom is -0.326 e. The predicted molar refractivity (Wildman–Crippen MR) is 42.1 cm³/mol. The number of aromatic nitrogens is 1. The van der Waals surface area contributed by atoms with Crippen molar-refractivity contribution in [1.82, 2.24) is 4.98 Å². The second-order valence-electron chi connectivity index (χ2n) is 2.44. The summed E-state index contributed by atoms with van der Waals surface area (Å²) in [5.74, 6) is -0.924. The summed E-state index contributed by atoms with van der Waals surface area (Å²) in [6.45, 7) is 1.54. The van der Waals surface area contributed by atoms with Gasteiger partial charge in [-0.15, -0.1) is 0 Å². The molecule has 1 heterocycles. The maximum absolute atomic E-state index is 12.7. The molecule has 0 atom stereocenters. The Morgan fingerprint density at radius 1 is 1.67 bits per heavy atom. The molecule has 0 amide bonds. The quantitative estimate of drug-likeness (QED) is 0.526. The second kappa shape index (κ2) is 3.40. The number of carbonyl (C=O) groups is 1. The predicted octanol–water partition coefficient (Wildman–Crippen LogP) is 0.882. The van der Waals surface area contributed by atoms with Crippen LogP contribution in [0.15, 0.2) is 12.1 Å². The minimum atomic E-state index is -0.664. The fourth-order valence-electron chi connectivity index (χ4n) is 0.848. The lowest BCUT2D eigenvalue weighted by molar-refractivity contribution is 0.101. The molecule has 3 nitrogen and oxygen atoms in total. The van der Waals surface area contributed by atoms with Gasteiger partial charge in [-0.3, -0.25) is 4.79 Å². The van der Waals surface area contributed by atoms with Crippen molar-refractivity contribution in [2.45, 2.75) is 13.5 Å². The molecule has 0 fully saturated rings. The zero-order valence-electron chi connectivity index (χ0n) is 6.67. The lowest BCUT2D eigenvalue weighted by Crippen LogP contribution is -2.04.